The Kier molecular flexibility index (Phi) is 8.28. The molecule has 1 aliphatic rings. The van der Waals surface area contributed by atoms with Crippen molar-refractivity contribution in [1.82, 2.24) is 15.6 Å². The molecule has 0 unspecified atom stereocenters. The van der Waals surface area contributed by atoms with Crippen LogP contribution in [0, 0.1) is 12.7 Å². The fourth-order valence-corrected chi connectivity index (χ4v) is 3.13. The third-order valence-electron chi connectivity index (χ3n) is 4.75. The molecule has 152 valence electrons. The zero-order valence-electron chi connectivity index (χ0n) is 16.2. The van der Waals surface area contributed by atoms with E-state index >= 15 is 0 Å². The highest BCUT2D eigenvalue weighted by molar-refractivity contribution is 14.0. The lowest BCUT2D eigenvalue weighted by atomic mass is 10.1. The van der Waals surface area contributed by atoms with E-state index in [1.54, 1.807) is 13.1 Å². The fraction of sp³-hybridized carbons (Fsp3) is 0.400. The maximum atomic E-state index is 13.4. The predicted octanol–water partition coefficient (Wildman–Crippen LogP) is 3.19. The van der Waals surface area contributed by atoms with Gasteiger partial charge in [0.1, 0.15) is 5.82 Å². The summed E-state index contributed by atoms with van der Waals surface area (Å²) in [7, 11) is 1.72. The molecule has 28 heavy (non-hydrogen) atoms. The number of phenolic OH excluding ortho intramolecular Hbond substituents is 1. The van der Waals surface area contributed by atoms with Crippen LogP contribution < -0.4 is 15.5 Å². The van der Waals surface area contributed by atoms with Gasteiger partial charge in [-0.25, -0.2) is 9.37 Å². The zero-order valence-corrected chi connectivity index (χ0v) is 18.5. The van der Waals surface area contributed by atoms with E-state index in [1.165, 1.54) is 17.7 Å². The minimum Gasteiger partial charge on any atom is -0.505 e. The Morgan fingerprint density at radius 2 is 2.04 bits per heavy atom. The fourth-order valence-electron chi connectivity index (χ4n) is 3.13. The standard InChI is InChI=1S/C20H26FN5O.HI/c1-14-3-6-19(23-12-14)26-9-7-16(8-10-26)25-20(22-2)24-13-15-4-5-18(27)17(21)11-15;/h3-6,11-12,16,27H,7-10,13H2,1-2H3,(H2,22,24,25);1H. The van der Waals surface area contributed by atoms with Gasteiger partial charge in [0.2, 0.25) is 0 Å². The number of pyridine rings is 1. The summed E-state index contributed by atoms with van der Waals surface area (Å²) in [6, 6.07) is 8.85. The normalized spacial score (nSPS) is 15.1. The van der Waals surface area contributed by atoms with Gasteiger partial charge in [-0.3, -0.25) is 4.99 Å². The number of phenols is 1. The Balaban J connectivity index is 0.00000280. The van der Waals surface area contributed by atoms with Gasteiger partial charge >= 0.3 is 0 Å². The molecule has 1 fully saturated rings. The van der Waals surface area contributed by atoms with Crippen LogP contribution in [0.4, 0.5) is 10.2 Å². The number of aryl methyl sites for hydroxylation is 1. The third-order valence-corrected chi connectivity index (χ3v) is 4.75. The highest BCUT2D eigenvalue weighted by atomic mass is 127. The molecule has 0 aliphatic carbocycles. The molecule has 2 heterocycles. The minimum absolute atomic E-state index is 0. The molecule has 1 aromatic carbocycles. The number of guanidine groups is 1. The van der Waals surface area contributed by atoms with Gasteiger partial charge in [-0.05, 0) is 49.1 Å². The van der Waals surface area contributed by atoms with Crippen LogP contribution in [0.25, 0.3) is 0 Å². The first-order valence-electron chi connectivity index (χ1n) is 9.17. The Labute approximate surface area is 182 Å². The minimum atomic E-state index is -0.616. The van der Waals surface area contributed by atoms with E-state index in [-0.39, 0.29) is 29.7 Å². The van der Waals surface area contributed by atoms with Crippen LogP contribution >= 0.6 is 24.0 Å². The molecule has 0 amide bonds. The van der Waals surface area contributed by atoms with E-state index < -0.39 is 5.82 Å². The van der Waals surface area contributed by atoms with Gasteiger partial charge < -0.3 is 20.6 Å². The zero-order chi connectivity index (χ0) is 19.2. The van der Waals surface area contributed by atoms with E-state index in [9.17, 15) is 9.50 Å². The lowest BCUT2D eigenvalue weighted by molar-refractivity contribution is 0.431. The van der Waals surface area contributed by atoms with Crippen LogP contribution in [0.2, 0.25) is 0 Å². The number of hydrogen-bond acceptors (Lipinski definition) is 4. The van der Waals surface area contributed by atoms with Crippen LogP contribution in [-0.2, 0) is 6.54 Å². The predicted molar refractivity (Wildman–Crippen MR) is 121 cm³/mol. The molecular weight excluding hydrogens is 472 g/mol. The van der Waals surface area contributed by atoms with Gasteiger partial charge in [0.05, 0.1) is 0 Å². The van der Waals surface area contributed by atoms with E-state index in [0.29, 0.717) is 18.5 Å². The molecule has 0 bridgehead atoms. The van der Waals surface area contributed by atoms with Crippen LogP contribution in [0.1, 0.15) is 24.0 Å². The first-order valence-corrected chi connectivity index (χ1v) is 9.17. The number of aliphatic imine (C=N–C) groups is 1. The smallest absolute Gasteiger partial charge is 0.191 e. The summed E-state index contributed by atoms with van der Waals surface area (Å²) < 4.78 is 13.4. The first kappa shape index (κ1) is 22.2. The lowest BCUT2D eigenvalue weighted by Gasteiger charge is -2.33. The monoisotopic (exact) mass is 499 g/mol. The quantitative estimate of drug-likeness (QED) is 0.343. The van der Waals surface area contributed by atoms with E-state index in [1.807, 2.05) is 13.1 Å². The van der Waals surface area contributed by atoms with Crippen molar-refractivity contribution in [3.8, 4) is 5.75 Å². The topological polar surface area (TPSA) is 72.8 Å². The number of nitrogens with zero attached hydrogens (tertiary/aromatic N) is 3. The number of halogens is 2. The summed E-state index contributed by atoms with van der Waals surface area (Å²) >= 11 is 0. The number of aromatic nitrogens is 1. The molecule has 6 nitrogen and oxygen atoms in total. The van der Waals surface area contributed by atoms with E-state index in [2.05, 4.69) is 37.6 Å². The van der Waals surface area contributed by atoms with Crippen molar-refractivity contribution in [1.29, 1.82) is 0 Å². The first-order chi connectivity index (χ1) is 13.0. The number of nitrogens with one attached hydrogen (secondary N) is 2. The van der Waals surface area contributed by atoms with Crippen LogP contribution in [0.3, 0.4) is 0 Å². The van der Waals surface area contributed by atoms with E-state index in [0.717, 1.165) is 37.3 Å². The summed E-state index contributed by atoms with van der Waals surface area (Å²) in [6.45, 7) is 4.35. The van der Waals surface area contributed by atoms with Crippen molar-refractivity contribution in [2.24, 2.45) is 4.99 Å². The van der Waals surface area contributed by atoms with Crippen molar-refractivity contribution in [2.75, 3.05) is 25.0 Å². The largest absolute Gasteiger partial charge is 0.505 e. The molecule has 8 heteroatoms. The van der Waals surface area contributed by atoms with Gasteiger partial charge in [-0.15, -0.1) is 24.0 Å². The second kappa shape index (κ2) is 10.4. The number of piperidine rings is 1. The molecule has 2 aromatic rings. The Hall–Kier alpha value is -2.10. The second-order valence-electron chi connectivity index (χ2n) is 6.81. The molecular formula is C20H27FIN5O. The average Bonchev–Trinajstić information content (AvgIpc) is 2.69. The van der Waals surface area contributed by atoms with Gasteiger partial charge in [-0.2, -0.15) is 0 Å². The molecule has 0 saturated carbocycles. The highest BCUT2D eigenvalue weighted by Crippen LogP contribution is 2.18. The van der Waals surface area contributed by atoms with Crippen LogP contribution in [0.5, 0.6) is 5.75 Å². The molecule has 3 N–H and O–H groups in total. The Morgan fingerprint density at radius 3 is 2.64 bits per heavy atom. The van der Waals surface area contributed by atoms with Crippen molar-refractivity contribution in [2.45, 2.75) is 32.4 Å². The van der Waals surface area contributed by atoms with Crippen molar-refractivity contribution in [3.63, 3.8) is 0 Å². The lowest BCUT2D eigenvalue weighted by Crippen LogP contribution is -2.48. The van der Waals surface area contributed by atoms with Crippen LogP contribution in [0.15, 0.2) is 41.5 Å². The molecule has 3 rings (SSSR count). The molecule has 1 saturated heterocycles. The van der Waals surface area contributed by atoms with Crippen molar-refractivity contribution in [3.05, 3.63) is 53.5 Å². The number of rotatable bonds is 4. The van der Waals surface area contributed by atoms with Gasteiger partial charge in [0.25, 0.3) is 0 Å². The summed E-state index contributed by atoms with van der Waals surface area (Å²) in [4.78, 5) is 11.0. The maximum absolute atomic E-state index is 13.4. The van der Waals surface area contributed by atoms with E-state index in [4.69, 9.17) is 0 Å². The van der Waals surface area contributed by atoms with Gasteiger partial charge in [0, 0.05) is 38.9 Å². The molecule has 1 aromatic heterocycles. The summed E-state index contributed by atoms with van der Waals surface area (Å²) in [6.07, 6.45) is 3.88. The Morgan fingerprint density at radius 1 is 1.29 bits per heavy atom. The molecule has 0 atom stereocenters. The maximum Gasteiger partial charge on any atom is 0.191 e. The summed E-state index contributed by atoms with van der Waals surface area (Å²) in [5.74, 6) is 0.761. The van der Waals surface area contributed by atoms with Crippen molar-refractivity contribution < 1.29 is 9.50 Å². The SMILES string of the molecule is CN=C(NCc1ccc(O)c(F)c1)NC1CCN(c2ccc(C)cn2)CC1.I. The summed E-state index contributed by atoms with van der Waals surface area (Å²) in [5.41, 5.74) is 1.91. The number of aromatic hydroxyl groups is 1. The van der Waals surface area contributed by atoms with Crippen molar-refractivity contribution >= 4 is 35.8 Å². The highest BCUT2D eigenvalue weighted by Gasteiger charge is 2.20. The number of hydrogen-bond donors (Lipinski definition) is 3. The van der Waals surface area contributed by atoms with Crippen LogP contribution in [-0.4, -0.2) is 42.2 Å². The molecule has 1 aliphatic heterocycles. The summed E-state index contributed by atoms with van der Waals surface area (Å²) in [5, 5.41) is 15.9. The third kappa shape index (κ3) is 5.95. The van der Waals surface area contributed by atoms with Gasteiger partial charge in [0.15, 0.2) is 17.5 Å². The second-order valence-corrected chi connectivity index (χ2v) is 6.81. The average molecular weight is 499 g/mol. The van der Waals surface area contributed by atoms with Gasteiger partial charge in [-0.1, -0.05) is 12.1 Å². The number of anilines is 1. The Bertz CT molecular complexity index is 792. The number of benzene rings is 1. The molecule has 0 radical (unpaired) electrons. The molecule has 0 spiro atoms.